The predicted molar refractivity (Wildman–Crippen MR) is 91.8 cm³/mol. The second-order valence-corrected chi connectivity index (χ2v) is 6.67. The highest BCUT2D eigenvalue weighted by Gasteiger charge is 2.14. The molecule has 5 nitrogen and oxygen atoms in total. The lowest BCUT2D eigenvalue weighted by Crippen LogP contribution is -2.14. The van der Waals surface area contributed by atoms with Gasteiger partial charge in [-0.05, 0) is 23.6 Å². The Bertz CT molecular complexity index is 957. The molecule has 0 spiro atoms. The van der Waals surface area contributed by atoms with E-state index in [0.717, 1.165) is 16.0 Å². The Morgan fingerprint density at radius 3 is 2.96 bits per heavy atom. The summed E-state index contributed by atoms with van der Waals surface area (Å²) >= 11 is 3.03. The third-order valence-electron chi connectivity index (χ3n) is 3.30. The molecule has 3 aromatic heterocycles. The fourth-order valence-corrected chi connectivity index (χ4v) is 3.74. The zero-order chi connectivity index (χ0) is 15.6. The SMILES string of the molecule is O=C(Cc1noc2ccccc12)Nc1nc(-c2cccs2)cs1. The number of thiophene rings is 1. The molecule has 0 radical (unpaired) electrons. The van der Waals surface area contributed by atoms with Gasteiger partial charge in [-0.1, -0.05) is 23.4 Å². The van der Waals surface area contributed by atoms with Crippen molar-refractivity contribution in [2.75, 3.05) is 5.32 Å². The van der Waals surface area contributed by atoms with E-state index in [1.807, 2.05) is 47.2 Å². The number of nitrogens with one attached hydrogen (secondary N) is 1. The topological polar surface area (TPSA) is 68.0 Å². The standard InChI is InChI=1S/C16H11N3O2S2/c20-15(8-11-10-4-1-2-5-13(10)21-19-11)18-16-17-12(9-23-16)14-6-3-7-22-14/h1-7,9H,8H2,(H,17,18,20). The largest absolute Gasteiger partial charge is 0.356 e. The molecule has 23 heavy (non-hydrogen) atoms. The zero-order valence-electron chi connectivity index (χ0n) is 11.9. The molecular formula is C16H11N3O2S2. The van der Waals surface area contributed by atoms with Crippen molar-refractivity contribution in [2.24, 2.45) is 0 Å². The van der Waals surface area contributed by atoms with Gasteiger partial charge in [-0.3, -0.25) is 4.79 Å². The first-order chi connectivity index (χ1) is 11.3. The van der Waals surface area contributed by atoms with Crippen LogP contribution in [0.3, 0.4) is 0 Å². The van der Waals surface area contributed by atoms with E-state index in [4.69, 9.17) is 4.52 Å². The Morgan fingerprint density at radius 2 is 2.09 bits per heavy atom. The predicted octanol–water partition coefficient (Wildman–Crippen LogP) is 4.19. The first-order valence-electron chi connectivity index (χ1n) is 6.92. The van der Waals surface area contributed by atoms with Crippen LogP contribution in [0.15, 0.2) is 51.7 Å². The molecule has 4 rings (SSSR count). The van der Waals surface area contributed by atoms with Crippen LogP contribution in [0, 0.1) is 0 Å². The average molecular weight is 341 g/mol. The van der Waals surface area contributed by atoms with Crippen LogP contribution in [0.2, 0.25) is 0 Å². The Kier molecular flexibility index (Phi) is 3.64. The van der Waals surface area contributed by atoms with E-state index in [2.05, 4.69) is 15.5 Å². The number of aromatic nitrogens is 2. The Hall–Kier alpha value is -2.51. The fourth-order valence-electron chi connectivity index (χ4n) is 2.25. The van der Waals surface area contributed by atoms with Crippen LogP contribution in [0.5, 0.6) is 0 Å². The molecule has 114 valence electrons. The lowest BCUT2D eigenvalue weighted by molar-refractivity contribution is -0.115. The molecule has 0 saturated carbocycles. The average Bonchev–Trinajstić information content (AvgIpc) is 3.27. The Morgan fingerprint density at radius 1 is 1.17 bits per heavy atom. The van der Waals surface area contributed by atoms with Crippen molar-refractivity contribution in [2.45, 2.75) is 6.42 Å². The summed E-state index contributed by atoms with van der Waals surface area (Å²) in [5.74, 6) is -0.156. The minimum Gasteiger partial charge on any atom is -0.356 e. The number of nitrogens with zero attached hydrogens (tertiary/aromatic N) is 2. The van der Waals surface area contributed by atoms with Gasteiger partial charge < -0.3 is 9.84 Å². The lowest BCUT2D eigenvalue weighted by Gasteiger charge is -1.99. The second-order valence-electron chi connectivity index (χ2n) is 4.87. The minimum absolute atomic E-state index is 0.156. The highest BCUT2D eigenvalue weighted by molar-refractivity contribution is 7.16. The van der Waals surface area contributed by atoms with Crippen molar-refractivity contribution in [3.8, 4) is 10.6 Å². The molecule has 0 saturated heterocycles. The summed E-state index contributed by atoms with van der Waals surface area (Å²) in [6, 6.07) is 11.5. The number of benzene rings is 1. The van der Waals surface area contributed by atoms with Crippen LogP contribution in [0.4, 0.5) is 5.13 Å². The van der Waals surface area contributed by atoms with Crippen LogP contribution in [-0.4, -0.2) is 16.0 Å². The number of hydrogen-bond donors (Lipinski definition) is 1. The first-order valence-corrected chi connectivity index (χ1v) is 8.68. The van der Waals surface area contributed by atoms with E-state index in [9.17, 15) is 4.79 Å². The molecule has 0 fully saturated rings. The number of anilines is 1. The minimum atomic E-state index is -0.156. The van der Waals surface area contributed by atoms with E-state index in [1.165, 1.54) is 11.3 Å². The number of para-hydroxylation sites is 1. The third-order valence-corrected chi connectivity index (χ3v) is 4.95. The molecule has 1 aromatic carbocycles. The second kappa shape index (κ2) is 5.94. The monoisotopic (exact) mass is 341 g/mol. The highest BCUT2D eigenvalue weighted by atomic mass is 32.1. The van der Waals surface area contributed by atoms with Crippen molar-refractivity contribution in [1.29, 1.82) is 0 Å². The van der Waals surface area contributed by atoms with Gasteiger partial charge in [-0.25, -0.2) is 4.98 Å². The van der Waals surface area contributed by atoms with Gasteiger partial charge >= 0.3 is 0 Å². The van der Waals surface area contributed by atoms with E-state index >= 15 is 0 Å². The van der Waals surface area contributed by atoms with Gasteiger partial charge in [0.05, 0.1) is 17.0 Å². The van der Waals surface area contributed by atoms with E-state index in [1.54, 1.807) is 11.3 Å². The number of fused-ring (bicyclic) bond motifs is 1. The maximum Gasteiger partial charge on any atom is 0.232 e. The summed E-state index contributed by atoms with van der Waals surface area (Å²) in [6.45, 7) is 0. The van der Waals surface area contributed by atoms with E-state index in [-0.39, 0.29) is 12.3 Å². The van der Waals surface area contributed by atoms with Gasteiger partial charge in [0.2, 0.25) is 5.91 Å². The molecule has 7 heteroatoms. The van der Waals surface area contributed by atoms with Gasteiger partial charge in [0.25, 0.3) is 0 Å². The molecule has 4 aromatic rings. The molecule has 1 N–H and O–H groups in total. The Balaban J connectivity index is 1.48. The van der Waals surface area contributed by atoms with Crippen LogP contribution in [-0.2, 0) is 11.2 Å². The van der Waals surface area contributed by atoms with Crippen LogP contribution in [0.25, 0.3) is 21.5 Å². The summed E-state index contributed by atoms with van der Waals surface area (Å²) in [6.07, 6.45) is 0.158. The van der Waals surface area contributed by atoms with E-state index < -0.39 is 0 Å². The summed E-state index contributed by atoms with van der Waals surface area (Å²) in [7, 11) is 0. The summed E-state index contributed by atoms with van der Waals surface area (Å²) in [5.41, 5.74) is 2.20. The molecule has 0 unspecified atom stereocenters. The molecule has 0 aliphatic rings. The van der Waals surface area contributed by atoms with Crippen LogP contribution >= 0.6 is 22.7 Å². The van der Waals surface area contributed by atoms with Crippen molar-refractivity contribution in [3.05, 3.63) is 52.9 Å². The maximum absolute atomic E-state index is 12.2. The lowest BCUT2D eigenvalue weighted by atomic mass is 10.2. The maximum atomic E-state index is 12.2. The van der Waals surface area contributed by atoms with E-state index in [0.29, 0.717) is 16.4 Å². The molecule has 0 aliphatic heterocycles. The number of amides is 1. The van der Waals surface area contributed by atoms with Crippen molar-refractivity contribution in [3.63, 3.8) is 0 Å². The summed E-state index contributed by atoms with van der Waals surface area (Å²) < 4.78 is 5.21. The van der Waals surface area contributed by atoms with Gasteiger partial charge in [-0.2, -0.15) is 0 Å². The quantitative estimate of drug-likeness (QED) is 0.604. The van der Waals surface area contributed by atoms with Gasteiger partial charge in [0, 0.05) is 10.8 Å². The van der Waals surface area contributed by atoms with Gasteiger partial charge in [0.15, 0.2) is 10.7 Å². The van der Waals surface area contributed by atoms with Gasteiger partial charge in [-0.15, -0.1) is 22.7 Å². The first kappa shape index (κ1) is 14.1. The number of thiazole rings is 1. The molecule has 0 bridgehead atoms. The normalized spacial score (nSPS) is 11.0. The smallest absolute Gasteiger partial charge is 0.232 e. The molecule has 0 atom stereocenters. The molecule has 3 heterocycles. The number of hydrogen-bond acceptors (Lipinski definition) is 6. The molecule has 1 amide bonds. The van der Waals surface area contributed by atoms with Crippen LogP contribution < -0.4 is 5.32 Å². The summed E-state index contributed by atoms with van der Waals surface area (Å²) in [4.78, 5) is 17.7. The number of carbonyl (C=O) groups is 1. The fraction of sp³-hybridized carbons (Fsp3) is 0.0625. The highest BCUT2D eigenvalue weighted by Crippen LogP contribution is 2.28. The Labute approximate surface area is 139 Å². The summed E-state index contributed by atoms with van der Waals surface area (Å²) in [5, 5.41) is 12.2. The third kappa shape index (κ3) is 2.88. The van der Waals surface area contributed by atoms with Crippen LogP contribution in [0.1, 0.15) is 5.69 Å². The molecule has 0 aliphatic carbocycles. The number of carbonyl (C=O) groups excluding carboxylic acids is 1. The zero-order valence-corrected chi connectivity index (χ0v) is 13.5. The number of rotatable bonds is 4. The molecular weight excluding hydrogens is 330 g/mol. The van der Waals surface area contributed by atoms with Crippen molar-refractivity contribution < 1.29 is 9.32 Å². The van der Waals surface area contributed by atoms with Gasteiger partial charge in [0.1, 0.15) is 5.69 Å². The van der Waals surface area contributed by atoms with Crippen molar-refractivity contribution >= 4 is 44.7 Å². The van der Waals surface area contributed by atoms with Crippen molar-refractivity contribution in [1.82, 2.24) is 10.1 Å².